The van der Waals surface area contributed by atoms with Crippen LogP contribution < -0.4 is 19.1 Å². The van der Waals surface area contributed by atoms with Crippen molar-refractivity contribution in [1.29, 1.82) is 0 Å². The monoisotopic (exact) mass is 671 g/mol. The van der Waals surface area contributed by atoms with Gasteiger partial charge in [-0.05, 0) is 68.7 Å². The van der Waals surface area contributed by atoms with Crippen molar-refractivity contribution in [2.45, 2.75) is 63.1 Å². The molecular formula is C32H38BrN3O6S. The summed E-state index contributed by atoms with van der Waals surface area (Å²) in [5.41, 5.74) is 1.82. The zero-order valence-corrected chi connectivity index (χ0v) is 27.3. The zero-order valence-electron chi connectivity index (χ0n) is 24.9. The van der Waals surface area contributed by atoms with Crippen LogP contribution in [0.25, 0.3) is 0 Å². The molecule has 1 N–H and O–H groups in total. The summed E-state index contributed by atoms with van der Waals surface area (Å²) in [4.78, 5) is 29.1. The number of nitrogens with one attached hydrogen (secondary N) is 1. The van der Waals surface area contributed by atoms with Gasteiger partial charge in [-0.15, -0.1) is 0 Å². The van der Waals surface area contributed by atoms with Crippen LogP contribution in [0.3, 0.4) is 0 Å². The number of aryl methyl sites for hydroxylation is 1. The summed E-state index contributed by atoms with van der Waals surface area (Å²) in [6, 6.07) is 17.8. The first-order valence-electron chi connectivity index (χ1n) is 14.2. The zero-order chi connectivity index (χ0) is 31.1. The van der Waals surface area contributed by atoms with Gasteiger partial charge in [0.15, 0.2) is 0 Å². The Bertz CT molecular complexity index is 1540. The Hall–Kier alpha value is -3.57. The standard InChI is InChI=1S/C32H38BrN3O6S/c1-22-12-15-28(16-13-22)43(39,40)36(29-19-27(41-3)14-17-30(29)42-4)21-31(37)35(20-24-8-7-9-25(33)18-24)23(2)32(38)34-26-10-5-6-11-26/h7-9,12-19,23,26H,5-6,10-11,20-21H2,1-4H3,(H,34,38). The molecule has 3 aromatic rings. The molecule has 1 aliphatic carbocycles. The van der Waals surface area contributed by atoms with Crippen LogP contribution >= 0.6 is 15.9 Å². The van der Waals surface area contributed by atoms with E-state index in [1.165, 1.54) is 37.3 Å². The molecule has 0 aromatic heterocycles. The largest absolute Gasteiger partial charge is 0.497 e. The van der Waals surface area contributed by atoms with E-state index in [1.54, 1.807) is 31.2 Å². The number of rotatable bonds is 12. The van der Waals surface area contributed by atoms with Crippen LogP contribution in [0, 0.1) is 6.92 Å². The number of carbonyl (C=O) groups excluding carboxylic acids is 2. The fourth-order valence-electron chi connectivity index (χ4n) is 5.15. The normalized spacial score (nSPS) is 14.2. The number of methoxy groups -OCH3 is 2. The number of halogens is 1. The maximum atomic E-state index is 14.2. The third kappa shape index (κ3) is 7.88. The van der Waals surface area contributed by atoms with Crippen molar-refractivity contribution in [3.05, 3.63) is 82.3 Å². The van der Waals surface area contributed by atoms with Crippen LogP contribution in [0.15, 0.2) is 76.1 Å². The van der Waals surface area contributed by atoms with Crippen molar-refractivity contribution < 1.29 is 27.5 Å². The van der Waals surface area contributed by atoms with Crippen molar-refractivity contribution >= 4 is 43.5 Å². The SMILES string of the molecule is COc1ccc(OC)c(N(CC(=O)N(Cc2cccc(Br)c2)C(C)C(=O)NC2CCCC2)S(=O)(=O)c2ccc(C)cc2)c1. The van der Waals surface area contributed by atoms with Crippen molar-refractivity contribution in [3.63, 3.8) is 0 Å². The van der Waals surface area contributed by atoms with E-state index in [4.69, 9.17) is 9.47 Å². The van der Waals surface area contributed by atoms with Gasteiger partial charge in [0, 0.05) is 23.1 Å². The predicted molar refractivity (Wildman–Crippen MR) is 170 cm³/mol. The molecule has 0 aliphatic heterocycles. The number of anilines is 1. The topological polar surface area (TPSA) is 105 Å². The van der Waals surface area contributed by atoms with Crippen LogP contribution in [0.4, 0.5) is 5.69 Å². The minimum Gasteiger partial charge on any atom is -0.497 e. The fourth-order valence-corrected chi connectivity index (χ4v) is 7.01. The first-order chi connectivity index (χ1) is 20.5. The lowest BCUT2D eigenvalue weighted by atomic mass is 10.1. The van der Waals surface area contributed by atoms with E-state index in [9.17, 15) is 18.0 Å². The van der Waals surface area contributed by atoms with Crippen LogP contribution in [-0.2, 0) is 26.2 Å². The molecule has 230 valence electrons. The smallest absolute Gasteiger partial charge is 0.264 e. The molecular weight excluding hydrogens is 634 g/mol. The van der Waals surface area contributed by atoms with Gasteiger partial charge in [-0.1, -0.05) is 58.6 Å². The highest BCUT2D eigenvalue weighted by atomic mass is 79.9. The number of amides is 2. The van der Waals surface area contributed by atoms with E-state index >= 15 is 0 Å². The van der Waals surface area contributed by atoms with Crippen LogP contribution in [0.5, 0.6) is 11.5 Å². The van der Waals surface area contributed by atoms with Crippen molar-refractivity contribution in [1.82, 2.24) is 10.2 Å². The molecule has 1 fully saturated rings. The van der Waals surface area contributed by atoms with Gasteiger partial charge in [-0.3, -0.25) is 13.9 Å². The number of carbonyl (C=O) groups is 2. The molecule has 1 saturated carbocycles. The molecule has 1 aliphatic rings. The van der Waals surface area contributed by atoms with Gasteiger partial charge < -0.3 is 19.7 Å². The molecule has 1 unspecified atom stereocenters. The van der Waals surface area contributed by atoms with Crippen LogP contribution in [-0.4, -0.2) is 58.0 Å². The average Bonchev–Trinajstić information content (AvgIpc) is 3.51. The predicted octanol–water partition coefficient (Wildman–Crippen LogP) is 5.45. The molecule has 0 heterocycles. The number of hydrogen-bond acceptors (Lipinski definition) is 6. The van der Waals surface area contributed by atoms with Gasteiger partial charge in [0.2, 0.25) is 11.8 Å². The fraction of sp³-hybridized carbons (Fsp3) is 0.375. The molecule has 1 atom stereocenters. The second-order valence-electron chi connectivity index (χ2n) is 10.7. The van der Waals surface area contributed by atoms with Crippen LogP contribution in [0.2, 0.25) is 0 Å². The molecule has 2 amide bonds. The van der Waals surface area contributed by atoms with E-state index < -0.39 is 28.5 Å². The first kappa shape index (κ1) is 32.3. The lowest BCUT2D eigenvalue weighted by Gasteiger charge is -2.33. The molecule has 11 heteroatoms. The van der Waals surface area contributed by atoms with E-state index in [1.807, 2.05) is 31.2 Å². The van der Waals surface area contributed by atoms with E-state index in [-0.39, 0.29) is 34.8 Å². The quantitative estimate of drug-likeness (QED) is 0.275. The van der Waals surface area contributed by atoms with E-state index in [0.717, 1.165) is 45.6 Å². The summed E-state index contributed by atoms with van der Waals surface area (Å²) in [5, 5.41) is 3.08. The van der Waals surface area contributed by atoms with E-state index in [0.29, 0.717) is 5.75 Å². The summed E-state index contributed by atoms with van der Waals surface area (Å²) >= 11 is 3.47. The van der Waals surface area contributed by atoms with Gasteiger partial charge in [0.1, 0.15) is 24.1 Å². The summed E-state index contributed by atoms with van der Waals surface area (Å²) < 4.78 is 41.1. The second-order valence-corrected chi connectivity index (χ2v) is 13.5. The average molecular weight is 673 g/mol. The maximum Gasteiger partial charge on any atom is 0.264 e. The molecule has 0 saturated heterocycles. The van der Waals surface area contributed by atoms with Crippen molar-refractivity contribution in [2.75, 3.05) is 25.1 Å². The Morgan fingerprint density at radius 1 is 1.00 bits per heavy atom. The molecule has 4 rings (SSSR count). The van der Waals surface area contributed by atoms with Gasteiger partial charge in [-0.2, -0.15) is 0 Å². The minimum atomic E-state index is -4.26. The number of hydrogen-bond donors (Lipinski definition) is 1. The molecule has 0 radical (unpaired) electrons. The third-order valence-corrected chi connectivity index (χ3v) is 9.92. The lowest BCUT2D eigenvalue weighted by molar-refractivity contribution is -0.139. The van der Waals surface area contributed by atoms with Gasteiger partial charge in [0.05, 0.1) is 24.8 Å². The number of sulfonamides is 1. The Morgan fingerprint density at radius 3 is 2.33 bits per heavy atom. The lowest BCUT2D eigenvalue weighted by Crippen LogP contribution is -2.52. The Labute approximate surface area is 262 Å². The number of nitrogens with zero attached hydrogens (tertiary/aromatic N) is 2. The van der Waals surface area contributed by atoms with Gasteiger partial charge in [0.25, 0.3) is 10.0 Å². The summed E-state index contributed by atoms with van der Waals surface area (Å²) in [6.45, 7) is 3.06. The third-order valence-electron chi connectivity index (χ3n) is 7.65. The Kier molecular flexibility index (Phi) is 10.7. The summed E-state index contributed by atoms with van der Waals surface area (Å²) in [7, 11) is -1.36. The summed E-state index contributed by atoms with van der Waals surface area (Å²) in [6.07, 6.45) is 3.90. The Balaban J connectivity index is 1.76. The summed E-state index contributed by atoms with van der Waals surface area (Å²) in [5.74, 6) is -0.186. The van der Waals surface area contributed by atoms with Gasteiger partial charge in [-0.25, -0.2) is 8.42 Å². The van der Waals surface area contributed by atoms with E-state index in [2.05, 4.69) is 21.2 Å². The molecule has 43 heavy (non-hydrogen) atoms. The molecule has 3 aromatic carbocycles. The first-order valence-corrected chi connectivity index (χ1v) is 16.4. The van der Waals surface area contributed by atoms with Gasteiger partial charge >= 0.3 is 0 Å². The number of benzene rings is 3. The molecule has 9 nitrogen and oxygen atoms in total. The molecule has 0 spiro atoms. The van der Waals surface area contributed by atoms with Crippen molar-refractivity contribution in [2.24, 2.45) is 0 Å². The highest BCUT2D eigenvalue weighted by Crippen LogP contribution is 2.36. The minimum absolute atomic E-state index is 0.0151. The van der Waals surface area contributed by atoms with Crippen LogP contribution in [0.1, 0.15) is 43.7 Å². The highest BCUT2D eigenvalue weighted by Gasteiger charge is 2.34. The second kappa shape index (κ2) is 14.3. The number of ether oxygens (including phenoxy) is 2. The Morgan fingerprint density at radius 2 is 1.70 bits per heavy atom. The maximum absolute atomic E-state index is 14.2. The van der Waals surface area contributed by atoms with Crippen molar-refractivity contribution in [3.8, 4) is 11.5 Å². The molecule has 0 bridgehead atoms. The highest BCUT2D eigenvalue weighted by molar-refractivity contribution is 9.10.